The van der Waals surface area contributed by atoms with Gasteiger partial charge in [0.15, 0.2) is 0 Å². The Morgan fingerprint density at radius 1 is 1.07 bits per heavy atom. The summed E-state index contributed by atoms with van der Waals surface area (Å²) in [6.07, 6.45) is 1.94. The summed E-state index contributed by atoms with van der Waals surface area (Å²) >= 11 is 9.40. The minimum atomic E-state index is -0.222. The number of thiazole rings is 1. The molecule has 8 heteroatoms. The molecule has 1 fully saturated rings. The molecule has 2 aromatic carbocycles. The third kappa shape index (κ3) is 5.03. The standard InChI is InChI=1S/C22H20ClN3O2S2/c23-18-4-2-1-3-17(18)22-24-14-19(30-22)21(28)25-16-7-5-15(6-8-16)13-20(27)26-9-11-29-12-10-26/h1-8,14H,9-13H2,(H,25,28). The molecule has 1 aliphatic heterocycles. The number of rotatable bonds is 5. The zero-order chi connectivity index (χ0) is 20.9. The van der Waals surface area contributed by atoms with Crippen LogP contribution in [0.15, 0.2) is 54.7 Å². The number of nitrogens with one attached hydrogen (secondary N) is 1. The number of hydrogen-bond donors (Lipinski definition) is 1. The molecule has 0 bridgehead atoms. The smallest absolute Gasteiger partial charge is 0.267 e. The topological polar surface area (TPSA) is 62.3 Å². The summed E-state index contributed by atoms with van der Waals surface area (Å²) in [6.45, 7) is 1.64. The fourth-order valence-electron chi connectivity index (χ4n) is 3.14. The maximum atomic E-state index is 12.6. The molecule has 1 saturated heterocycles. The lowest BCUT2D eigenvalue weighted by Crippen LogP contribution is -2.38. The van der Waals surface area contributed by atoms with Gasteiger partial charge in [-0.2, -0.15) is 11.8 Å². The van der Waals surface area contributed by atoms with Crippen LogP contribution in [0.25, 0.3) is 10.6 Å². The molecule has 1 N–H and O–H groups in total. The zero-order valence-electron chi connectivity index (χ0n) is 16.1. The fraction of sp³-hybridized carbons (Fsp3) is 0.227. The molecule has 0 saturated carbocycles. The molecular weight excluding hydrogens is 438 g/mol. The second kappa shape index (κ2) is 9.64. The number of anilines is 1. The number of aromatic nitrogens is 1. The second-order valence-electron chi connectivity index (χ2n) is 6.83. The summed E-state index contributed by atoms with van der Waals surface area (Å²) in [6, 6.07) is 14.8. The van der Waals surface area contributed by atoms with Crippen molar-refractivity contribution in [1.29, 1.82) is 0 Å². The Morgan fingerprint density at radius 2 is 1.80 bits per heavy atom. The highest BCUT2D eigenvalue weighted by Gasteiger charge is 2.17. The van der Waals surface area contributed by atoms with E-state index in [0.29, 0.717) is 27.0 Å². The molecule has 5 nitrogen and oxygen atoms in total. The van der Waals surface area contributed by atoms with E-state index >= 15 is 0 Å². The molecule has 0 atom stereocenters. The van der Waals surface area contributed by atoms with Gasteiger partial charge in [-0.3, -0.25) is 9.59 Å². The van der Waals surface area contributed by atoms with Gasteiger partial charge in [0.05, 0.1) is 17.6 Å². The molecule has 30 heavy (non-hydrogen) atoms. The Hall–Kier alpha value is -2.35. The number of carbonyl (C=O) groups excluding carboxylic acids is 2. The maximum Gasteiger partial charge on any atom is 0.267 e. The Labute approximate surface area is 188 Å². The first-order valence-corrected chi connectivity index (χ1v) is 11.9. The van der Waals surface area contributed by atoms with Gasteiger partial charge in [0.2, 0.25) is 5.91 Å². The van der Waals surface area contributed by atoms with Crippen molar-refractivity contribution in [1.82, 2.24) is 9.88 Å². The van der Waals surface area contributed by atoms with Crippen LogP contribution in [0, 0.1) is 0 Å². The van der Waals surface area contributed by atoms with Crippen molar-refractivity contribution in [2.45, 2.75) is 6.42 Å². The van der Waals surface area contributed by atoms with Crippen LogP contribution in [0.2, 0.25) is 5.02 Å². The minimum Gasteiger partial charge on any atom is -0.341 e. The van der Waals surface area contributed by atoms with Gasteiger partial charge in [-0.1, -0.05) is 41.9 Å². The molecule has 4 rings (SSSR count). The average molecular weight is 458 g/mol. The van der Waals surface area contributed by atoms with Gasteiger partial charge < -0.3 is 10.2 Å². The molecule has 3 aromatic rings. The molecule has 2 amide bonds. The first-order valence-electron chi connectivity index (χ1n) is 9.57. The van der Waals surface area contributed by atoms with Crippen LogP contribution in [0.1, 0.15) is 15.2 Å². The lowest BCUT2D eigenvalue weighted by molar-refractivity contribution is -0.130. The maximum absolute atomic E-state index is 12.6. The fourth-order valence-corrected chi connectivity index (χ4v) is 5.17. The second-order valence-corrected chi connectivity index (χ2v) is 9.49. The van der Waals surface area contributed by atoms with Crippen LogP contribution < -0.4 is 5.32 Å². The summed E-state index contributed by atoms with van der Waals surface area (Å²) in [5.74, 6) is 1.95. The molecule has 0 spiro atoms. The Kier molecular flexibility index (Phi) is 6.72. The van der Waals surface area contributed by atoms with Crippen LogP contribution in [0.4, 0.5) is 5.69 Å². The van der Waals surface area contributed by atoms with Crippen molar-refractivity contribution >= 4 is 52.2 Å². The quantitative estimate of drug-likeness (QED) is 0.595. The molecule has 1 aromatic heterocycles. The molecule has 0 unspecified atom stereocenters. The summed E-state index contributed by atoms with van der Waals surface area (Å²) in [5.41, 5.74) is 2.43. The number of benzene rings is 2. The van der Waals surface area contributed by atoms with Crippen molar-refractivity contribution in [3.8, 4) is 10.6 Å². The van der Waals surface area contributed by atoms with Crippen molar-refractivity contribution < 1.29 is 9.59 Å². The van der Waals surface area contributed by atoms with E-state index < -0.39 is 0 Å². The summed E-state index contributed by atoms with van der Waals surface area (Å²) in [7, 11) is 0. The summed E-state index contributed by atoms with van der Waals surface area (Å²) in [5, 5.41) is 4.19. The lowest BCUT2D eigenvalue weighted by Gasteiger charge is -2.26. The molecule has 0 aliphatic carbocycles. The SMILES string of the molecule is O=C(Nc1ccc(CC(=O)N2CCSCC2)cc1)c1cnc(-c2ccccc2Cl)s1. The zero-order valence-corrected chi connectivity index (χ0v) is 18.5. The highest BCUT2D eigenvalue weighted by Crippen LogP contribution is 2.31. The predicted molar refractivity (Wildman–Crippen MR) is 125 cm³/mol. The third-order valence-corrected chi connectivity index (χ3v) is 7.07. The van der Waals surface area contributed by atoms with Gasteiger partial charge >= 0.3 is 0 Å². The van der Waals surface area contributed by atoms with E-state index in [1.54, 1.807) is 12.3 Å². The number of amides is 2. The number of nitrogens with zero attached hydrogens (tertiary/aromatic N) is 2. The van der Waals surface area contributed by atoms with Crippen LogP contribution >= 0.6 is 34.7 Å². The van der Waals surface area contributed by atoms with E-state index in [-0.39, 0.29) is 11.8 Å². The largest absolute Gasteiger partial charge is 0.341 e. The van der Waals surface area contributed by atoms with Crippen LogP contribution in [0.5, 0.6) is 0 Å². The monoisotopic (exact) mass is 457 g/mol. The Morgan fingerprint density at radius 3 is 2.53 bits per heavy atom. The third-order valence-electron chi connectivity index (χ3n) is 4.76. The van der Waals surface area contributed by atoms with Crippen molar-refractivity contribution in [2.75, 3.05) is 29.9 Å². The number of carbonyl (C=O) groups is 2. The summed E-state index contributed by atoms with van der Waals surface area (Å²) < 4.78 is 0. The van der Waals surface area contributed by atoms with Gasteiger partial charge in [-0.05, 0) is 23.8 Å². The number of hydrogen-bond acceptors (Lipinski definition) is 5. The van der Waals surface area contributed by atoms with E-state index in [2.05, 4.69) is 10.3 Å². The van der Waals surface area contributed by atoms with Gasteiger partial charge in [-0.15, -0.1) is 11.3 Å². The number of halogens is 1. The van der Waals surface area contributed by atoms with E-state index in [0.717, 1.165) is 35.7 Å². The molecule has 0 radical (unpaired) electrons. The molecular formula is C22H20ClN3O2S2. The molecule has 1 aliphatic rings. The highest BCUT2D eigenvalue weighted by molar-refractivity contribution is 7.99. The van der Waals surface area contributed by atoms with Crippen molar-refractivity contribution in [3.05, 3.63) is 70.2 Å². The van der Waals surface area contributed by atoms with Crippen LogP contribution in [-0.2, 0) is 11.2 Å². The number of thioether (sulfide) groups is 1. The lowest BCUT2D eigenvalue weighted by atomic mass is 10.1. The van der Waals surface area contributed by atoms with Crippen molar-refractivity contribution in [3.63, 3.8) is 0 Å². The Bertz CT molecular complexity index is 1050. The van der Waals surface area contributed by atoms with E-state index in [9.17, 15) is 9.59 Å². The van der Waals surface area contributed by atoms with E-state index in [4.69, 9.17) is 11.6 Å². The predicted octanol–water partition coefficient (Wildman–Crippen LogP) is 4.83. The molecule has 154 valence electrons. The summed E-state index contributed by atoms with van der Waals surface area (Å²) in [4.78, 5) is 31.7. The first kappa shape index (κ1) is 20.9. The van der Waals surface area contributed by atoms with Gasteiger partial charge in [-0.25, -0.2) is 4.98 Å². The van der Waals surface area contributed by atoms with E-state index in [1.807, 2.05) is 59.1 Å². The normalized spacial score (nSPS) is 13.8. The van der Waals surface area contributed by atoms with Crippen LogP contribution in [-0.4, -0.2) is 46.3 Å². The minimum absolute atomic E-state index is 0.156. The van der Waals surface area contributed by atoms with Gasteiger partial charge in [0.1, 0.15) is 9.88 Å². The first-order chi connectivity index (χ1) is 14.6. The average Bonchev–Trinajstić information content (AvgIpc) is 3.26. The van der Waals surface area contributed by atoms with Crippen molar-refractivity contribution in [2.24, 2.45) is 0 Å². The van der Waals surface area contributed by atoms with Gasteiger partial charge in [0, 0.05) is 35.8 Å². The van der Waals surface area contributed by atoms with Gasteiger partial charge in [0.25, 0.3) is 5.91 Å². The van der Waals surface area contributed by atoms with E-state index in [1.165, 1.54) is 11.3 Å². The molecule has 2 heterocycles. The Balaban J connectivity index is 1.37. The highest BCUT2D eigenvalue weighted by atomic mass is 35.5. The van der Waals surface area contributed by atoms with Crippen LogP contribution in [0.3, 0.4) is 0 Å².